The summed E-state index contributed by atoms with van der Waals surface area (Å²) in [6.07, 6.45) is -0.672. The zero-order valence-electron chi connectivity index (χ0n) is 27.9. The summed E-state index contributed by atoms with van der Waals surface area (Å²) in [6.45, 7) is 3.32. The van der Waals surface area contributed by atoms with E-state index in [1.807, 2.05) is 55.5 Å². The Kier molecular flexibility index (Phi) is 15.5. The molecule has 0 radical (unpaired) electrons. The standard InChI is InChI=1S/C35H45NO10S2Si/c1-26-9-15-30(16-10-26)48(39,40)45-20-19-44-32-23-36(35(37)38)24-33(46-49-22-6-21-47)34(32)27-11-13-29(14-12-27)43-18-5-17-42-25-28-7-3-4-8-31(28)41-2/h3-4,7-16,21,32-34H,5-6,17-20,22-25,49H2,1-2H3,(H,37,38)/t32-,33+,34+/m0/s1. The second kappa shape index (κ2) is 19.7. The normalized spacial score (nSPS) is 18.1. The van der Waals surface area contributed by atoms with E-state index < -0.39 is 38.2 Å². The smallest absolute Gasteiger partial charge is 0.407 e. The average Bonchev–Trinajstić information content (AvgIpc) is 3.10. The lowest BCUT2D eigenvalue weighted by atomic mass is 9.84. The van der Waals surface area contributed by atoms with Gasteiger partial charge in [-0.3, -0.25) is 4.18 Å². The molecule has 1 aliphatic heterocycles. The Bertz CT molecular complexity index is 1570. The van der Waals surface area contributed by atoms with Crippen molar-refractivity contribution in [2.24, 2.45) is 0 Å². The van der Waals surface area contributed by atoms with Gasteiger partial charge in [0.05, 0.1) is 63.8 Å². The fourth-order valence-electron chi connectivity index (χ4n) is 5.53. The van der Waals surface area contributed by atoms with E-state index in [4.69, 9.17) is 39.8 Å². The molecule has 1 amide bonds. The first-order valence-corrected chi connectivity index (χ1v) is 19.7. The van der Waals surface area contributed by atoms with Gasteiger partial charge in [0.1, 0.15) is 11.5 Å². The molecule has 0 saturated carbocycles. The molecule has 1 N–H and O–H groups in total. The van der Waals surface area contributed by atoms with Crippen molar-refractivity contribution in [1.82, 2.24) is 4.90 Å². The molecular weight excluding hydrogens is 687 g/mol. The Morgan fingerprint density at radius 1 is 0.980 bits per heavy atom. The Hall–Kier alpha value is -3.37. The van der Waals surface area contributed by atoms with Crippen LogP contribution in [0.5, 0.6) is 11.5 Å². The molecule has 1 saturated heterocycles. The van der Waals surface area contributed by atoms with Crippen molar-refractivity contribution in [2.45, 2.75) is 55.4 Å². The van der Waals surface area contributed by atoms with E-state index >= 15 is 0 Å². The third kappa shape index (κ3) is 11.9. The van der Waals surface area contributed by atoms with E-state index in [1.54, 1.807) is 24.6 Å². The number of rotatable bonds is 20. The Labute approximate surface area is 296 Å². The topological polar surface area (TPSA) is 130 Å². The molecule has 3 aromatic rings. The number of likely N-dealkylation sites (tertiary alicyclic amines) is 1. The highest BCUT2D eigenvalue weighted by Gasteiger charge is 2.41. The third-order valence-electron chi connectivity index (χ3n) is 8.05. The minimum atomic E-state index is -3.97. The maximum absolute atomic E-state index is 12.7. The van der Waals surface area contributed by atoms with Gasteiger partial charge in [0.15, 0.2) is 9.76 Å². The highest BCUT2D eigenvalue weighted by molar-refractivity contribution is 7.86. The molecule has 0 spiro atoms. The molecular formula is C35H45NO10S2Si. The average molecular weight is 732 g/mol. The summed E-state index contributed by atoms with van der Waals surface area (Å²) < 4.78 is 60.3. The Balaban J connectivity index is 1.37. The lowest BCUT2D eigenvalue weighted by Gasteiger charge is -2.43. The lowest BCUT2D eigenvalue weighted by Crippen LogP contribution is -2.54. The predicted octanol–water partition coefficient (Wildman–Crippen LogP) is 5.13. The first-order chi connectivity index (χ1) is 23.7. The van der Waals surface area contributed by atoms with E-state index in [0.717, 1.165) is 34.9 Å². The molecule has 0 unspecified atom stereocenters. The molecule has 14 heteroatoms. The van der Waals surface area contributed by atoms with Crippen molar-refractivity contribution < 1.29 is 45.9 Å². The number of ether oxygens (including phenoxy) is 4. The van der Waals surface area contributed by atoms with E-state index in [9.17, 15) is 18.3 Å². The molecule has 1 fully saturated rings. The van der Waals surface area contributed by atoms with Gasteiger partial charge in [0, 0.05) is 24.4 Å². The Morgan fingerprint density at radius 3 is 2.43 bits per heavy atom. The molecule has 1 aliphatic rings. The number of amides is 1. The van der Waals surface area contributed by atoms with Gasteiger partial charge in [-0.1, -0.05) is 60.2 Å². The van der Waals surface area contributed by atoms with Crippen molar-refractivity contribution in [3.8, 4) is 11.5 Å². The van der Waals surface area contributed by atoms with Crippen LogP contribution in [0.15, 0.2) is 77.7 Å². The number of benzene rings is 3. The molecule has 0 bridgehead atoms. The molecule has 3 atom stereocenters. The van der Waals surface area contributed by atoms with Crippen LogP contribution in [-0.2, 0) is 34.8 Å². The molecule has 1 heterocycles. The van der Waals surface area contributed by atoms with Crippen LogP contribution in [0.1, 0.15) is 35.4 Å². The van der Waals surface area contributed by atoms with Crippen LogP contribution in [0.3, 0.4) is 0 Å². The number of aryl methyl sites for hydroxylation is 1. The molecule has 266 valence electrons. The number of para-hydroxylation sites is 1. The maximum atomic E-state index is 12.7. The van der Waals surface area contributed by atoms with Crippen molar-refractivity contribution in [3.63, 3.8) is 0 Å². The lowest BCUT2D eigenvalue weighted by molar-refractivity contribution is -0.0575. The van der Waals surface area contributed by atoms with E-state index in [0.29, 0.717) is 32.0 Å². The fourth-order valence-corrected chi connectivity index (χ4v) is 8.04. The third-order valence-corrected chi connectivity index (χ3v) is 11.0. The fraction of sp³-hybridized carbons (Fsp3) is 0.429. The van der Waals surface area contributed by atoms with Crippen LogP contribution in [0.2, 0.25) is 6.04 Å². The number of piperidine rings is 1. The second-order valence-corrected chi connectivity index (χ2v) is 15.0. The quantitative estimate of drug-likeness (QED) is 0.0719. The zero-order chi connectivity index (χ0) is 35.1. The summed E-state index contributed by atoms with van der Waals surface area (Å²) in [5, 5.41) is 11.6. The molecule has 49 heavy (non-hydrogen) atoms. The molecule has 3 aromatic carbocycles. The van der Waals surface area contributed by atoms with Crippen molar-refractivity contribution in [3.05, 3.63) is 89.5 Å². The van der Waals surface area contributed by atoms with E-state index in [2.05, 4.69) is 0 Å². The Morgan fingerprint density at radius 2 is 1.71 bits per heavy atom. The SMILES string of the molecule is COc1ccccc1COCCCOc1ccc([C@@H]2[C@@H](OCCOS(=O)(=O)c3ccc(C)cc3)CN(C(=O)O)C[C@H]2O[SiH2]CCC=S)cc1. The minimum Gasteiger partial charge on any atom is -0.496 e. The number of carbonyl (C=O) groups is 1. The first kappa shape index (κ1) is 38.4. The number of methoxy groups -OCH3 is 1. The van der Waals surface area contributed by atoms with Gasteiger partial charge in [0.2, 0.25) is 0 Å². The second-order valence-electron chi connectivity index (χ2n) is 11.6. The first-order valence-electron chi connectivity index (χ1n) is 16.2. The van der Waals surface area contributed by atoms with Crippen LogP contribution in [-0.4, -0.2) is 98.5 Å². The maximum Gasteiger partial charge on any atom is 0.407 e. The molecule has 11 nitrogen and oxygen atoms in total. The number of nitrogens with zero attached hydrogens (tertiary/aromatic N) is 1. The van der Waals surface area contributed by atoms with E-state index in [1.165, 1.54) is 17.0 Å². The zero-order valence-corrected chi connectivity index (χ0v) is 30.9. The van der Waals surface area contributed by atoms with Crippen molar-refractivity contribution in [1.29, 1.82) is 0 Å². The summed E-state index contributed by atoms with van der Waals surface area (Å²) in [4.78, 5) is 13.4. The monoisotopic (exact) mass is 731 g/mol. The number of thiocarbonyl (C=S) groups is 1. The molecule has 0 aromatic heterocycles. The van der Waals surface area contributed by atoms with Gasteiger partial charge in [-0.05, 0) is 60.7 Å². The number of hydrogen-bond donors (Lipinski definition) is 1. The van der Waals surface area contributed by atoms with Crippen LogP contribution in [0.4, 0.5) is 4.79 Å². The summed E-state index contributed by atoms with van der Waals surface area (Å²) in [7, 11) is -3.33. The largest absolute Gasteiger partial charge is 0.496 e. The minimum absolute atomic E-state index is 0.0585. The van der Waals surface area contributed by atoms with Gasteiger partial charge in [-0.25, -0.2) is 4.79 Å². The van der Waals surface area contributed by atoms with Gasteiger partial charge in [-0.15, -0.1) is 0 Å². The predicted molar refractivity (Wildman–Crippen MR) is 192 cm³/mol. The summed E-state index contributed by atoms with van der Waals surface area (Å²) in [5.74, 6) is 1.18. The number of hydrogen-bond acceptors (Lipinski definition) is 10. The summed E-state index contributed by atoms with van der Waals surface area (Å²) in [6, 6.07) is 22.6. The van der Waals surface area contributed by atoms with Crippen LogP contribution >= 0.6 is 12.2 Å². The van der Waals surface area contributed by atoms with Gasteiger partial charge in [0.25, 0.3) is 10.1 Å². The van der Waals surface area contributed by atoms with Crippen molar-refractivity contribution >= 4 is 43.6 Å². The molecule has 0 aliphatic carbocycles. The van der Waals surface area contributed by atoms with Crippen LogP contribution in [0, 0.1) is 6.92 Å². The van der Waals surface area contributed by atoms with Crippen molar-refractivity contribution in [2.75, 3.05) is 46.6 Å². The summed E-state index contributed by atoms with van der Waals surface area (Å²) in [5.41, 5.74) is 2.83. The number of carboxylic acid groups (broad SMARTS) is 1. The van der Waals surface area contributed by atoms with Gasteiger partial charge >= 0.3 is 6.09 Å². The highest BCUT2D eigenvalue weighted by Crippen LogP contribution is 2.34. The van der Waals surface area contributed by atoms with Crippen LogP contribution < -0.4 is 9.47 Å². The van der Waals surface area contributed by atoms with Crippen LogP contribution in [0.25, 0.3) is 0 Å². The molecule has 4 rings (SSSR count). The highest BCUT2D eigenvalue weighted by atomic mass is 32.2. The summed E-state index contributed by atoms with van der Waals surface area (Å²) >= 11 is 4.97. The van der Waals surface area contributed by atoms with Gasteiger partial charge in [-0.2, -0.15) is 8.42 Å². The van der Waals surface area contributed by atoms with E-state index in [-0.39, 0.29) is 37.1 Å². The van der Waals surface area contributed by atoms with Gasteiger partial charge < -0.3 is 33.4 Å².